The third-order valence-electron chi connectivity index (χ3n) is 5.69. The van der Waals surface area contributed by atoms with Gasteiger partial charge in [0, 0.05) is 18.7 Å². The lowest BCUT2D eigenvalue weighted by Crippen LogP contribution is -2.37. The summed E-state index contributed by atoms with van der Waals surface area (Å²) < 4.78 is 38.7. The molecular weight excluding hydrogens is 464 g/mol. The molecule has 0 spiro atoms. The highest BCUT2D eigenvalue weighted by atomic mass is 32.2. The standard InChI is InChI=1S/C22H26N4O5S2/c1-14-10-12-26(13-11-14)33(28,29)16-6-4-15(5-7-16)21(27)24-25-22-23-19-17(30-2)8-9-18(31-3)20(19)32-22/h4-9,14H,10-13H2,1-3H3,(H,23,25)(H,24,27). The zero-order valence-electron chi connectivity index (χ0n) is 18.6. The van der Waals surface area contributed by atoms with Crippen LogP contribution in [0.1, 0.15) is 30.1 Å². The predicted octanol–water partition coefficient (Wildman–Crippen LogP) is 3.49. The molecule has 1 aromatic heterocycles. The lowest BCUT2D eigenvalue weighted by Gasteiger charge is -2.29. The average molecular weight is 491 g/mol. The van der Waals surface area contributed by atoms with Gasteiger partial charge in [0.05, 0.1) is 19.1 Å². The number of benzene rings is 2. The molecule has 33 heavy (non-hydrogen) atoms. The van der Waals surface area contributed by atoms with Gasteiger partial charge in [-0.25, -0.2) is 13.4 Å². The Morgan fingerprint density at radius 3 is 2.33 bits per heavy atom. The number of carbonyl (C=O) groups excluding carboxylic acids is 1. The Labute approximate surface area is 196 Å². The molecule has 1 aliphatic rings. The summed E-state index contributed by atoms with van der Waals surface area (Å²) in [5.74, 6) is 1.38. The monoisotopic (exact) mass is 490 g/mol. The Balaban J connectivity index is 1.44. The number of aromatic nitrogens is 1. The van der Waals surface area contributed by atoms with Gasteiger partial charge in [0.15, 0.2) is 0 Å². The fourth-order valence-corrected chi connectivity index (χ4v) is 6.07. The van der Waals surface area contributed by atoms with Crippen molar-refractivity contribution >= 4 is 42.6 Å². The second-order valence-corrected chi connectivity index (χ2v) is 10.8. The second kappa shape index (κ2) is 9.54. The number of sulfonamides is 1. The molecule has 1 aliphatic heterocycles. The first kappa shape index (κ1) is 23.3. The van der Waals surface area contributed by atoms with Crippen LogP contribution in [0.2, 0.25) is 0 Å². The molecule has 0 saturated carbocycles. The number of fused-ring (bicyclic) bond motifs is 1. The smallest absolute Gasteiger partial charge is 0.269 e. The van der Waals surface area contributed by atoms with E-state index in [1.165, 1.54) is 39.9 Å². The van der Waals surface area contributed by atoms with Gasteiger partial charge in [-0.15, -0.1) is 0 Å². The molecule has 4 rings (SSSR count). The van der Waals surface area contributed by atoms with Crippen LogP contribution in [0.3, 0.4) is 0 Å². The van der Waals surface area contributed by atoms with Crippen molar-refractivity contribution in [3.8, 4) is 11.5 Å². The fraction of sp³-hybridized carbons (Fsp3) is 0.364. The molecule has 2 N–H and O–H groups in total. The van der Waals surface area contributed by atoms with Gasteiger partial charge in [0.1, 0.15) is 21.7 Å². The highest BCUT2D eigenvalue weighted by molar-refractivity contribution is 7.89. The number of thiazole rings is 1. The van der Waals surface area contributed by atoms with Crippen LogP contribution in [0.4, 0.5) is 5.13 Å². The molecule has 0 unspecified atom stereocenters. The number of anilines is 1. The number of methoxy groups -OCH3 is 2. The molecule has 1 amide bonds. The average Bonchev–Trinajstić information content (AvgIpc) is 3.26. The van der Waals surface area contributed by atoms with Gasteiger partial charge in [-0.3, -0.25) is 15.6 Å². The van der Waals surface area contributed by atoms with Crippen LogP contribution in [0.5, 0.6) is 11.5 Å². The summed E-state index contributed by atoms with van der Waals surface area (Å²) >= 11 is 1.31. The number of carbonyl (C=O) groups is 1. The van der Waals surface area contributed by atoms with Crippen molar-refractivity contribution in [1.29, 1.82) is 0 Å². The number of rotatable bonds is 7. The summed E-state index contributed by atoms with van der Waals surface area (Å²) in [4.78, 5) is 17.2. The minimum absolute atomic E-state index is 0.187. The summed E-state index contributed by atoms with van der Waals surface area (Å²) in [6.45, 7) is 3.17. The maximum atomic E-state index is 12.9. The normalized spacial score (nSPS) is 15.4. The van der Waals surface area contributed by atoms with Crippen molar-refractivity contribution in [2.45, 2.75) is 24.7 Å². The number of piperidine rings is 1. The molecule has 0 aliphatic carbocycles. The van der Waals surface area contributed by atoms with Crippen molar-refractivity contribution in [1.82, 2.24) is 14.7 Å². The summed E-state index contributed by atoms with van der Waals surface area (Å²) in [6, 6.07) is 9.50. The summed E-state index contributed by atoms with van der Waals surface area (Å²) in [5, 5.41) is 0.458. The minimum Gasteiger partial charge on any atom is -0.495 e. The Morgan fingerprint density at radius 1 is 1.06 bits per heavy atom. The van der Waals surface area contributed by atoms with E-state index in [0.29, 0.717) is 46.7 Å². The number of nitrogens with zero attached hydrogens (tertiary/aromatic N) is 2. The Hall–Kier alpha value is -2.89. The van der Waals surface area contributed by atoms with Crippen molar-refractivity contribution in [3.63, 3.8) is 0 Å². The number of ether oxygens (including phenoxy) is 2. The van der Waals surface area contributed by atoms with Crippen LogP contribution in [0.15, 0.2) is 41.3 Å². The van der Waals surface area contributed by atoms with Gasteiger partial charge in [-0.2, -0.15) is 4.31 Å². The molecule has 2 aromatic carbocycles. The molecule has 0 bridgehead atoms. The van der Waals surface area contributed by atoms with Crippen LogP contribution in [-0.4, -0.2) is 50.9 Å². The van der Waals surface area contributed by atoms with E-state index in [2.05, 4.69) is 22.8 Å². The lowest BCUT2D eigenvalue weighted by molar-refractivity contribution is 0.0962. The Kier molecular flexibility index (Phi) is 6.73. The summed E-state index contributed by atoms with van der Waals surface area (Å²) in [5.41, 5.74) is 6.35. The number of hydrazine groups is 1. The third-order valence-corrected chi connectivity index (χ3v) is 8.59. The van der Waals surface area contributed by atoms with Crippen molar-refractivity contribution in [2.24, 2.45) is 5.92 Å². The van der Waals surface area contributed by atoms with Crippen LogP contribution in [0.25, 0.3) is 10.2 Å². The van der Waals surface area contributed by atoms with Gasteiger partial charge >= 0.3 is 0 Å². The quantitative estimate of drug-likeness (QED) is 0.488. The second-order valence-electron chi connectivity index (χ2n) is 7.86. The minimum atomic E-state index is -3.56. The van der Waals surface area contributed by atoms with Gasteiger partial charge in [0.25, 0.3) is 5.91 Å². The largest absolute Gasteiger partial charge is 0.495 e. The first-order valence-corrected chi connectivity index (χ1v) is 12.8. The van der Waals surface area contributed by atoms with Crippen LogP contribution >= 0.6 is 11.3 Å². The zero-order chi connectivity index (χ0) is 23.6. The number of amides is 1. The van der Waals surface area contributed by atoms with E-state index in [4.69, 9.17) is 9.47 Å². The number of hydrogen-bond acceptors (Lipinski definition) is 8. The molecule has 11 heteroatoms. The summed E-state index contributed by atoms with van der Waals surface area (Å²) in [6.07, 6.45) is 1.71. The maximum absolute atomic E-state index is 12.9. The first-order chi connectivity index (χ1) is 15.8. The predicted molar refractivity (Wildman–Crippen MR) is 127 cm³/mol. The van der Waals surface area contributed by atoms with Gasteiger partial charge < -0.3 is 9.47 Å². The summed E-state index contributed by atoms with van der Waals surface area (Å²) in [7, 11) is -0.422. The van der Waals surface area contributed by atoms with Gasteiger partial charge in [-0.1, -0.05) is 18.3 Å². The van der Waals surface area contributed by atoms with E-state index in [0.717, 1.165) is 17.5 Å². The highest BCUT2D eigenvalue weighted by Gasteiger charge is 2.28. The molecule has 2 heterocycles. The zero-order valence-corrected chi connectivity index (χ0v) is 20.3. The first-order valence-electron chi connectivity index (χ1n) is 10.5. The van der Waals surface area contributed by atoms with E-state index >= 15 is 0 Å². The molecule has 1 saturated heterocycles. The molecule has 3 aromatic rings. The Morgan fingerprint density at radius 2 is 1.70 bits per heavy atom. The SMILES string of the molecule is COc1ccc(OC)c2sc(NNC(=O)c3ccc(S(=O)(=O)N4CCC(C)CC4)cc3)nc12. The number of hydrogen-bond donors (Lipinski definition) is 2. The van der Waals surface area contributed by atoms with Crippen molar-refractivity contribution in [3.05, 3.63) is 42.0 Å². The van der Waals surface area contributed by atoms with Crippen LogP contribution in [0, 0.1) is 5.92 Å². The third kappa shape index (κ3) is 4.75. The van der Waals surface area contributed by atoms with Gasteiger partial charge in [0.2, 0.25) is 15.2 Å². The van der Waals surface area contributed by atoms with Crippen LogP contribution < -0.4 is 20.3 Å². The van der Waals surface area contributed by atoms with E-state index in [1.54, 1.807) is 26.4 Å². The Bertz CT molecular complexity index is 1210. The molecular formula is C22H26N4O5S2. The van der Waals surface area contributed by atoms with E-state index in [1.807, 2.05) is 0 Å². The molecule has 1 fully saturated rings. The fourth-order valence-electron chi connectivity index (χ4n) is 3.67. The van der Waals surface area contributed by atoms with Gasteiger partial charge in [-0.05, 0) is 55.2 Å². The molecule has 176 valence electrons. The maximum Gasteiger partial charge on any atom is 0.269 e. The van der Waals surface area contributed by atoms with Crippen LogP contribution in [-0.2, 0) is 10.0 Å². The lowest BCUT2D eigenvalue weighted by atomic mass is 10.0. The van der Waals surface area contributed by atoms with Crippen molar-refractivity contribution in [2.75, 3.05) is 32.7 Å². The van der Waals surface area contributed by atoms with E-state index in [-0.39, 0.29) is 4.90 Å². The molecule has 9 nitrogen and oxygen atoms in total. The van der Waals surface area contributed by atoms with E-state index < -0.39 is 15.9 Å². The van der Waals surface area contributed by atoms with E-state index in [9.17, 15) is 13.2 Å². The molecule has 0 atom stereocenters. The number of nitrogens with one attached hydrogen (secondary N) is 2. The topological polar surface area (TPSA) is 110 Å². The molecule has 0 radical (unpaired) electrons. The van der Waals surface area contributed by atoms with Crippen molar-refractivity contribution < 1.29 is 22.7 Å². The highest BCUT2D eigenvalue weighted by Crippen LogP contribution is 2.38.